The van der Waals surface area contributed by atoms with Gasteiger partial charge in [-0.1, -0.05) is 90.7 Å². The van der Waals surface area contributed by atoms with E-state index >= 15 is 0 Å². The van der Waals surface area contributed by atoms with Gasteiger partial charge in [0.2, 0.25) is 0 Å². The molecule has 0 fully saturated rings. The van der Waals surface area contributed by atoms with Gasteiger partial charge in [-0.2, -0.15) is 0 Å². The summed E-state index contributed by atoms with van der Waals surface area (Å²) in [5, 5.41) is 10.8. The van der Waals surface area contributed by atoms with Crippen LogP contribution in [0.2, 0.25) is 0 Å². The smallest absolute Gasteiger partial charge is 0.105 e. The van der Waals surface area contributed by atoms with Crippen molar-refractivity contribution < 1.29 is 5.11 Å². The van der Waals surface area contributed by atoms with Gasteiger partial charge in [0, 0.05) is 11.1 Å². The van der Waals surface area contributed by atoms with E-state index in [1.165, 1.54) is 0 Å². The Morgan fingerprint density at radius 1 is 0.750 bits per heavy atom. The molecule has 3 aromatic carbocycles. The first kappa shape index (κ1) is 15.8. The summed E-state index contributed by atoms with van der Waals surface area (Å²) < 4.78 is 0. The van der Waals surface area contributed by atoms with E-state index in [1.54, 1.807) is 6.08 Å². The third kappa shape index (κ3) is 4.01. The van der Waals surface area contributed by atoms with Crippen LogP contribution in [0, 0.1) is 11.8 Å². The molecule has 1 unspecified atom stereocenters. The zero-order valence-corrected chi connectivity index (χ0v) is 13.3. The average Bonchev–Trinajstić information content (AvgIpc) is 2.67. The van der Waals surface area contributed by atoms with Crippen molar-refractivity contribution in [1.29, 1.82) is 0 Å². The molecule has 0 spiro atoms. The van der Waals surface area contributed by atoms with E-state index in [9.17, 15) is 5.11 Å². The normalized spacial score (nSPS) is 12.1. The summed E-state index contributed by atoms with van der Waals surface area (Å²) in [6.07, 6.45) is 1.10. The number of benzene rings is 3. The molecule has 0 bridgehead atoms. The highest BCUT2D eigenvalue weighted by atomic mass is 16.3. The molecule has 1 atom stereocenters. The van der Waals surface area contributed by atoms with Crippen LogP contribution in [-0.4, -0.2) is 5.11 Å². The van der Waals surface area contributed by atoms with Crippen molar-refractivity contribution >= 4 is 5.57 Å². The molecule has 116 valence electrons. The molecule has 0 saturated carbocycles. The first-order chi connectivity index (χ1) is 11.8. The Balaban J connectivity index is 1.97. The summed E-state index contributed by atoms with van der Waals surface area (Å²) in [7, 11) is 0. The number of hydrogen-bond donors (Lipinski definition) is 1. The molecule has 0 aliphatic rings. The number of aliphatic hydroxyl groups is 1. The molecule has 1 nitrogen and oxygen atoms in total. The van der Waals surface area contributed by atoms with E-state index in [2.05, 4.69) is 11.8 Å². The lowest BCUT2D eigenvalue weighted by Gasteiger charge is -2.15. The van der Waals surface area contributed by atoms with Gasteiger partial charge in [0.05, 0.1) is 0 Å². The highest BCUT2D eigenvalue weighted by Crippen LogP contribution is 2.29. The maximum absolute atomic E-state index is 10.8. The Morgan fingerprint density at radius 2 is 1.29 bits per heavy atom. The van der Waals surface area contributed by atoms with Crippen molar-refractivity contribution in [3.63, 3.8) is 0 Å². The molecule has 0 heterocycles. The van der Waals surface area contributed by atoms with E-state index in [4.69, 9.17) is 0 Å². The van der Waals surface area contributed by atoms with E-state index in [0.717, 1.165) is 22.3 Å². The van der Waals surface area contributed by atoms with Crippen LogP contribution in [0.4, 0.5) is 0 Å². The summed E-state index contributed by atoms with van der Waals surface area (Å²) >= 11 is 0. The van der Waals surface area contributed by atoms with Crippen molar-refractivity contribution in [3.05, 3.63) is 114 Å². The lowest BCUT2D eigenvalue weighted by molar-refractivity contribution is 0.238. The predicted molar refractivity (Wildman–Crippen MR) is 99.1 cm³/mol. The third-order valence-electron chi connectivity index (χ3n) is 3.73. The van der Waals surface area contributed by atoms with Crippen molar-refractivity contribution in [1.82, 2.24) is 0 Å². The maximum Gasteiger partial charge on any atom is 0.105 e. The van der Waals surface area contributed by atoms with Crippen molar-refractivity contribution in [2.75, 3.05) is 0 Å². The largest absolute Gasteiger partial charge is 0.384 e. The Bertz CT molecular complexity index is 853. The topological polar surface area (TPSA) is 20.2 Å². The van der Waals surface area contributed by atoms with Crippen LogP contribution in [0.15, 0.2) is 97.1 Å². The molecule has 0 radical (unpaired) electrons. The van der Waals surface area contributed by atoms with Crippen LogP contribution >= 0.6 is 0 Å². The van der Waals surface area contributed by atoms with Gasteiger partial charge < -0.3 is 5.11 Å². The first-order valence-corrected chi connectivity index (χ1v) is 7.89. The molecule has 0 aromatic heterocycles. The average molecular weight is 310 g/mol. The Labute approximate surface area is 142 Å². The van der Waals surface area contributed by atoms with Gasteiger partial charge in [-0.05, 0) is 29.3 Å². The number of rotatable bonds is 3. The van der Waals surface area contributed by atoms with Crippen LogP contribution in [-0.2, 0) is 0 Å². The monoisotopic (exact) mass is 310 g/mol. The first-order valence-electron chi connectivity index (χ1n) is 7.89. The predicted octanol–water partition coefficient (Wildman–Crippen LogP) is 4.86. The minimum atomic E-state index is -0.710. The van der Waals surface area contributed by atoms with Crippen LogP contribution < -0.4 is 0 Å². The van der Waals surface area contributed by atoms with Gasteiger partial charge in [0.1, 0.15) is 6.10 Å². The van der Waals surface area contributed by atoms with Gasteiger partial charge in [0.15, 0.2) is 0 Å². The van der Waals surface area contributed by atoms with Crippen LogP contribution in [0.1, 0.15) is 22.8 Å². The molecular formula is C23H18O. The highest BCUT2D eigenvalue weighted by Gasteiger charge is 2.14. The Kier molecular flexibility index (Phi) is 5.24. The minimum Gasteiger partial charge on any atom is -0.384 e. The van der Waals surface area contributed by atoms with Gasteiger partial charge >= 0.3 is 0 Å². The second-order valence-corrected chi connectivity index (χ2v) is 5.41. The zero-order valence-electron chi connectivity index (χ0n) is 13.3. The molecule has 1 heteroatoms. The fourth-order valence-corrected chi connectivity index (χ4v) is 2.48. The zero-order chi connectivity index (χ0) is 16.6. The van der Waals surface area contributed by atoms with Gasteiger partial charge in [-0.15, -0.1) is 0 Å². The van der Waals surface area contributed by atoms with E-state index in [0.29, 0.717) is 0 Å². The lowest BCUT2D eigenvalue weighted by Crippen LogP contribution is -2.00. The molecule has 0 aliphatic heterocycles. The van der Waals surface area contributed by atoms with Crippen molar-refractivity contribution in [2.45, 2.75) is 6.10 Å². The molecule has 24 heavy (non-hydrogen) atoms. The van der Waals surface area contributed by atoms with Crippen LogP contribution in [0.25, 0.3) is 5.57 Å². The molecule has 3 rings (SSSR count). The Morgan fingerprint density at radius 3 is 1.92 bits per heavy atom. The minimum absolute atomic E-state index is 0.710. The van der Waals surface area contributed by atoms with E-state index < -0.39 is 6.10 Å². The number of aliphatic hydroxyl groups excluding tert-OH is 1. The van der Waals surface area contributed by atoms with E-state index in [-0.39, 0.29) is 0 Å². The molecular weight excluding hydrogens is 292 g/mol. The fraction of sp³-hybridized carbons (Fsp3) is 0.0435. The summed E-state index contributed by atoms with van der Waals surface area (Å²) in [6.45, 7) is 0. The second kappa shape index (κ2) is 7.97. The van der Waals surface area contributed by atoms with E-state index in [1.807, 2.05) is 91.0 Å². The summed E-state index contributed by atoms with van der Waals surface area (Å²) in [4.78, 5) is 0. The van der Waals surface area contributed by atoms with Crippen LogP contribution in [0.3, 0.4) is 0 Å². The fourth-order valence-electron chi connectivity index (χ4n) is 2.48. The van der Waals surface area contributed by atoms with Crippen LogP contribution in [0.5, 0.6) is 0 Å². The molecule has 0 saturated heterocycles. The summed E-state index contributed by atoms with van der Waals surface area (Å²) in [5.74, 6) is 6.19. The standard InChI is InChI=1S/C23H18O/c24-23(21-16-8-3-9-17-21)22(20-14-6-2-7-15-20)18-10-13-19-11-4-1-5-12-19/h1-9,11-12,14-18,23-24H/b22-18-. The molecule has 0 aliphatic carbocycles. The molecule has 0 amide bonds. The quantitative estimate of drug-likeness (QED) is 0.685. The van der Waals surface area contributed by atoms with Crippen molar-refractivity contribution in [3.8, 4) is 11.8 Å². The third-order valence-corrected chi connectivity index (χ3v) is 3.73. The highest BCUT2D eigenvalue weighted by molar-refractivity contribution is 5.72. The SMILES string of the molecule is OC(/C(=C\C#Cc1ccccc1)c1ccccc1)c1ccccc1. The summed E-state index contributed by atoms with van der Waals surface area (Å²) in [6, 6.07) is 29.3. The molecule has 3 aromatic rings. The molecule has 1 N–H and O–H groups in total. The Hall–Kier alpha value is -3.08. The second-order valence-electron chi connectivity index (χ2n) is 5.41. The van der Waals surface area contributed by atoms with Crippen molar-refractivity contribution in [2.24, 2.45) is 0 Å². The van der Waals surface area contributed by atoms with Gasteiger partial charge in [-0.25, -0.2) is 0 Å². The van der Waals surface area contributed by atoms with Gasteiger partial charge in [0.25, 0.3) is 0 Å². The number of allylic oxidation sites excluding steroid dienone is 1. The van der Waals surface area contributed by atoms with Gasteiger partial charge in [-0.3, -0.25) is 0 Å². The number of hydrogen-bond acceptors (Lipinski definition) is 1. The summed E-state index contributed by atoms with van der Waals surface area (Å²) in [5.41, 5.74) is 3.57. The maximum atomic E-state index is 10.8. The lowest BCUT2D eigenvalue weighted by atomic mass is 9.95.